The molecule has 0 saturated carbocycles. The fraction of sp³-hybridized carbons (Fsp3) is 0.636. The summed E-state index contributed by atoms with van der Waals surface area (Å²) < 4.78 is 0. The van der Waals surface area contributed by atoms with E-state index in [0.29, 0.717) is 23.7 Å². The first-order valence-corrected chi connectivity index (χ1v) is 14.9. The molecule has 0 radical (unpaired) electrons. The minimum atomic E-state index is 0.554. The van der Waals surface area contributed by atoms with Crippen LogP contribution in [0.3, 0.4) is 0 Å². The Hall–Kier alpha value is -2.04. The Bertz CT molecular complexity index is 891. The molecule has 4 rings (SSSR count). The average molecular weight is 505 g/mol. The van der Waals surface area contributed by atoms with E-state index in [4.69, 9.17) is 0 Å². The van der Waals surface area contributed by atoms with Crippen molar-refractivity contribution < 1.29 is 0 Å². The summed E-state index contributed by atoms with van der Waals surface area (Å²) in [6.45, 7) is 27.8. The molecule has 0 N–H and O–H groups in total. The summed E-state index contributed by atoms with van der Waals surface area (Å²) in [6.07, 6.45) is 1.24. The van der Waals surface area contributed by atoms with Gasteiger partial charge in [0.25, 0.3) is 0 Å². The van der Waals surface area contributed by atoms with Crippen LogP contribution in [0, 0.1) is 0 Å². The van der Waals surface area contributed by atoms with Crippen LogP contribution in [0.15, 0.2) is 36.4 Å². The number of anilines is 2. The first-order chi connectivity index (χ1) is 17.7. The van der Waals surface area contributed by atoms with Crippen LogP contribution in [0.4, 0.5) is 11.4 Å². The zero-order valence-electron chi connectivity index (χ0n) is 24.9. The summed E-state index contributed by atoms with van der Waals surface area (Å²) in [5, 5.41) is 0. The van der Waals surface area contributed by atoms with E-state index in [1.165, 1.54) is 66.2 Å². The van der Waals surface area contributed by atoms with Gasteiger partial charge in [-0.3, -0.25) is 9.80 Å². The minimum Gasteiger partial charge on any atom is -0.357 e. The largest absolute Gasteiger partial charge is 0.357 e. The van der Waals surface area contributed by atoms with Crippen LogP contribution in [0.25, 0.3) is 0 Å². The molecule has 0 unspecified atom stereocenters. The highest BCUT2D eigenvalue weighted by molar-refractivity contribution is 5.63. The molecule has 204 valence electrons. The van der Waals surface area contributed by atoms with E-state index in [1.54, 1.807) is 0 Å². The van der Waals surface area contributed by atoms with Gasteiger partial charge in [0.2, 0.25) is 0 Å². The van der Waals surface area contributed by atoms with Gasteiger partial charge < -0.3 is 9.80 Å². The number of hydrogen-bond acceptors (Lipinski definition) is 4. The summed E-state index contributed by atoms with van der Waals surface area (Å²) in [4.78, 5) is 10.6. The Morgan fingerprint density at radius 2 is 0.838 bits per heavy atom. The first kappa shape index (κ1) is 28.0. The van der Waals surface area contributed by atoms with Crippen molar-refractivity contribution in [2.24, 2.45) is 0 Å². The maximum absolute atomic E-state index is 2.67. The molecule has 0 amide bonds. The van der Waals surface area contributed by atoms with Gasteiger partial charge in [0, 0.05) is 50.6 Å². The molecule has 4 heteroatoms. The Morgan fingerprint density at radius 1 is 0.514 bits per heavy atom. The molecule has 0 aromatic heterocycles. The molecule has 0 spiro atoms. The smallest absolute Gasteiger partial charge is 0.0708 e. The second-order valence-electron chi connectivity index (χ2n) is 12.6. The molecule has 2 aromatic rings. The van der Waals surface area contributed by atoms with E-state index in [-0.39, 0.29) is 0 Å². The number of nitrogens with zero attached hydrogens (tertiary/aromatic N) is 4. The van der Waals surface area contributed by atoms with E-state index in [9.17, 15) is 0 Å². The lowest BCUT2D eigenvalue weighted by Gasteiger charge is -2.29. The molecule has 2 saturated heterocycles. The van der Waals surface area contributed by atoms with Gasteiger partial charge in [-0.1, -0.05) is 91.8 Å². The Balaban J connectivity index is 1.34. The third kappa shape index (κ3) is 6.34. The van der Waals surface area contributed by atoms with E-state index < -0.39 is 0 Å². The van der Waals surface area contributed by atoms with Crippen molar-refractivity contribution in [3.63, 3.8) is 0 Å². The topological polar surface area (TPSA) is 13.0 Å². The van der Waals surface area contributed by atoms with Crippen LogP contribution < -0.4 is 9.80 Å². The third-order valence-corrected chi connectivity index (χ3v) is 8.38. The van der Waals surface area contributed by atoms with Gasteiger partial charge in [0.1, 0.15) is 0 Å². The molecule has 2 fully saturated rings. The van der Waals surface area contributed by atoms with Gasteiger partial charge >= 0.3 is 0 Å². The normalized spacial score (nSPS) is 17.5. The van der Waals surface area contributed by atoms with Crippen LogP contribution in [0.5, 0.6) is 0 Å². The monoisotopic (exact) mass is 504 g/mol. The molecule has 0 bridgehead atoms. The summed E-state index contributed by atoms with van der Waals surface area (Å²) in [7, 11) is 0. The molecular weight excluding hydrogens is 452 g/mol. The maximum atomic E-state index is 2.67. The standard InChI is InChI=1S/C33H52N4/c1-24(2)28-12-9-13-29(25(3)4)32(28)36-20-18-34(22-36)16-11-17-35-19-21-37(23-35)33-30(26(5)6)14-10-15-31(33)27(7)8/h9-10,12-15,24-27H,11,16-23H2,1-8H3. The van der Waals surface area contributed by atoms with Crippen LogP contribution in [-0.4, -0.2) is 62.4 Å². The maximum Gasteiger partial charge on any atom is 0.0708 e. The van der Waals surface area contributed by atoms with Crippen molar-refractivity contribution in [3.05, 3.63) is 58.7 Å². The SMILES string of the molecule is CC(C)c1cccc(C(C)C)c1N1CCN(CCCN2CCN(c3c(C(C)C)cccc3C(C)C)C2)C1. The molecule has 0 aliphatic carbocycles. The highest BCUT2D eigenvalue weighted by atomic mass is 15.4. The van der Waals surface area contributed by atoms with Crippen molar-refractivity contribution in [2.75, 3.05) is 62.4 Å². The third-order valence-electron chi connectivity index (χ3n) is 8.38. The van der Waals surface area contributed by atoms with E-state index in [1.807, 2.05) is 0 Å². The van der Waals surface area contributed by atoms with Crippen LogP contribution in [0.2, 0.25) is 0 Å². The van der Waals surface area contributed by atoms with Crippen molar-refractivity contribution >= 4 is 11.4 Å². The molecule has 37 heavy (non-hydrogen) atoms. The fourth-order valence-electron chi connectivity index (χ4n) is 6.29. The Kier molecular flexibility index (Phi) is 9.24. The van der Waals surface area contributed by atoms with Gasteiger partial charge in [-0.15, -0.1) is 0 Å². The van der Waals surface area contributed by atoms with Gasteiger partial charge in [-0.05, 0) is 52.3 Å². The molecule has 0 atom stereocenters. The fourth-order valence-corrected chi connectivity index (χ4v) is 6.29. The zero-order chi connectivity index (χ0) is 26.7. The van der Waals surface area contributed by atoms with Crippen molar-refractivity contribution in [1.29, 1.82) is 0 Å². The lowest BCUT2D eigenvalue weighted by molar-refractivity contribution is 0.282. The molecule has 4 nitrogen and oxygen atoms in total. The highest BCUT2D eigenvalue weighted by Crippen LogP contribution is 2.37. The van der Waals surface area contributed by atoms with Crippen molar-refractivity contribution in [1.82, 2.24) is 9.80 Å². The van der Waals surface area contributed by atoms with Crippen molar-refractivity contribution in [2.45, 2.75) is 85.5 Å². The zero-order valence-corrected chi connectivity index (χ0v) is 24.9. The van der Waals surface area contributed by atoms with Crippen LogP contribution in [-0.2, 0) is 0 Å². The minimum absolute atomic E-state index is 0.554. The quantitative estimate of drug-likeness (QED) is 0.333. The predicted molar refractivity (Wildman–Crippen MR) is 161 cm³/mol. The summed E-state index contributed by atoms with van der Waals surface area (Å²) in [5.41, 5.74) is 9.05. The second kappa shape index (κ2) is 12.2. The Morgan fingerprint density at radius 3 is 1.14 bits per heavy atom. The van der Waals surface area contributed by atoms with Gasteiger partial charge in [0.15, 0.2) is 0 Å². The molecular formula is C33H52N4. The highest BCUT2D eigenvalue weighted by Gasteiger charge is 2.28. The molecule has 2 aliphatic rings. The molecule has 2 heterocycles. The average Bonchev–Trinajstić information content (AvgIpc) is 3.52. The lowest BCUT2D eigenvalue weighted by Crippen LogP contribution is -2.31. The Labute approximate surface area is 227 Å². The summed E-state index contributed by atoms with van der Waals surface area (Å²) in [6, 6.07) is 13.9. The van der Waals surface area contributed by atoms with Gasteiger partial charge in [0.05, 0.1) is 13.3 Å². The number of benzene rings is 2. The summed E-state index contributed by atoms with van der Waals surface area (Å²) in [5.74, 6) is 2.21. The number of rotatable bonds is 10. The van der Waals surface area contributed by atoms with Crippen LogP contribution in [0.1, 0.15) is 108 Å². The second-order valence-corrected chi connectivity index (χ2v) is 12.6. The van der Waals surface area contributed by atoms with E-state index >= 15 is 0 Å². The molecule has 2 aromatic carbocycles. The number of hydrogen-bond donors (Lipinski definition) is 0. The first-order valence-electron chi connectivity index (χ1n) is 14.9. The van der Waals surface area contributed by atoms with Crippen LogP contribution >= 0.6 is 0 Å². The summed E-state index contributed by atoms with van der Waals surface area (Å²) >= 11 is 0. The van der Waals surface area contributed by atoms with Gasteiger partial charge in [-0.2, -0.15) is 0 Å². The van der Waals surface area contributed by atoms with Gasteiger partial charge in [-0.25, -0.2) is 0 Å². The number of para-hydroxylation sites is 2. The predicted octanol–water partition coefficient (Wildman–Crippen LogP) is 7.43. The van der Waals surface area contributed by atoms with E-state index in [0.717, 1.165) is 26.4 Å². The lowest BCUT2D eigenvalue weighted by atomic mass is 9.92. The molecule has 2 aliphatic heterocycles. The van der Waals surface area contributed by atoms with E-state index in [2.05, 4.69) is 111 Å². The van der Waals surface area contributed by atoms with Crippen molar-refractivity contribution in [3.8, 4) is 0 Å².